The van der Waals surface area contributed by atoms with Crippen molar-refractivity contribution in [1.29, 1.82) is 0 Å². The fourth-order valence-corrected chi connectivity index (χ4v) is 2.72. The van der Waals surface area contributed by atoms with E-state index in [1.165, 1.54) is 0 Å². The largest absolute Gasteiger partial charge is 0.497 e. The van der Waals surface area contributed by atoms with Crippen LogP contribution in [0.3, 0.4) is 0 Å². The molecule has 0 amide bonds. The van der Waals surface area contributed by atoms with Crippen molar-refractivity contribution in [2.24, 2.45) is 0 Å². The Balaban J connectivity index is 2.11. The molecule has 4 nitrogen and oxygen atoms in total. The van der Waals surface area contributed by atoms with Crippen molar-refractivity contribution < 1.29 is 14.2 Å². The van der Waals surface area contributed by atoms with Crippen molar-refractivity contribution in [3.63, 3.8) is 0 Å². The van der Waals surface area contributed by atoms with Gasteiger partial charge in [0.05, 0.1) is 27.0 Å². The molecule has 25 heavy (non-hydrogen) atoms. The van der Waals surface area contributed by atoms with Crippen molar-refractivity contribution in [2.45, 2.75) is 0 Å². The molecular weight excluding hydrogens is 314 g/mol. The Kier molecular flexibility index (Phi) is 5.09. The summed E-state index contributed by atoms with van der Waals surface area (Å²) in [5.41, 5.74) is 3.06. The lowest BCUT2D eigenvalue weighted by Crippen LogP contribution is -2.10. The molecule has 0 fully saturated rings. The number of ether oxygens (including phenoxy) is 3. The summed E-state index contributed by atoms with van der Waals surface area (Å²) in [6.45, 7) is 0. The van der Waals surface area contributed by atoms with E-state index in [4.69, 9.17) is 14.2 Å². The molecule has 0 aliphatic rings. The molecule has 4 heteroatoms. The van der Waals surface area contributed by atoms with Gasteiger partial charge in [0.1, 0.15) is 5.75 Å². The van der Waals surface area contributed by atoms with Gasteiger partial charge in [0.25, 0.3) is 0 Å². The highest BCUT2D eigenvalue weighted by Gasteiger charge is 2.15. The molecule has 3 aromatic carbocycles. The predicted molar refractivity (Wildman–Crippen MR) is 101 cm³/mol. The zero-order chi connectivity index (χ0) is 17.6. The van der Waals surface area contributed by atoms with Gasteiger partial charge in [-0.3, -0.25) is 0 Å². The van der Waals surface area contributed by atoms with E-state index in [9.17, 15) is 0 Å². The first-order valence-electron chi connectivity index (χ1n) is 7.98. The Morgan fingerprint density at radius 2 is 1.16 bits per heavy atom. The lowest BCUT2D eigenvalue weighted by atomic mass is 10.1. The number of methoxy groups -OCH3 is 3. The van der Waals surface area contributed by atoms with Crippen LogP contribution in [-0.2, 0) is 0 Å². The summed E-state index contributed by atoms with van der Waals surface area (Å²) >= 11 is 0. The SMILES string of the molecule is COc1ccc(N(c2ccccc2)c2ccc(OC)c(OC)c2)cc1. The highest BCUT2D eigenvalue weighted by molar-refractivity contribution is 5.78. The fraction of sp³-hybridized carbons (Fsp3) is 0.143. The monoisotopic (exact) mass is 335 g/mol. The maximum atomic E-state index is 5.46. The molecule has 0 saturated carbocycles. The highest BCUT2D eigenvalue weighted by Crippen LogP contribution is 2.39. The predicted octanol–water partition coefficient (Wildman–Crippen LogP) is 5.18. The summed E-state index contributed by atoms with van der Waals surface area (Å²) in [5.74, 6) is 2.22. The van der Waals surface area contributed by atoms with Crippen LogP contribution < -0.4 is 19.1 Å². The van der Waals surface area contributed by atoms with Crippen LogP contribution in [0, 0.1) is 0 Å². The summed E-state index contributed by atoms with van der Waals surface area (Å²) in [6, 6.07) is 24.0. The second-order valence-corrected chi connectivity index (χ2v) is 5.41. The first-order valence-corrected chi connectivity index (χ1v) is 7.98. The lowest BCUT2D eigenvalue weighted by molar-refractivity contribution is 0.355. The minimum Gasteiger partial charge on any atom is -0.497 e. The van der Waals surface area contributed by atoms with Crippen molar-refractivity contribution in [2.75, 3.05) is 26.2 Å². The van der Waals surface area contributed by atoms with Crippen LogP contribution in [0.4, 0.5) is 17.1 Å². The lowest BCUT2D eigenvalue weighted by Gasteiger charge is -2.26. The van der Waals surface area contributed by atoms with Crippen LogP contribution in [0.1, 0.15) is 0 Å². The maximum Gasteiger partial charge on any atom is 0.162 e. The van der Waals surface area contributed by atoms with E-state index in [0.29, 0.717) is 11.5 Å². The maximum absolute atomic E-state index is 5.46. The van der Waals surface area contributed by atoms with Gasteiger partial charge < -0.3 is 19.1 Å². The molecule has 128 valence electrons. The number of nitrogens with zero attached hydrogens (tertiary/aromatic N) is 1. The summed E-state index contributed by atoms with van der Waals surface area (Å²) < 4.78 is 16.1. The second-order valence-electron chi connectivity index (χ2n) is 5.41. The van der Waals surface area contributed by atoms with Crippen LogP contribution in [0.15, 0.2) is 72.8 Å². The van der Waals surface area contributed by atoms with Crippen molar-refractivity contribution >= 4 is 17.1 Å². The Labute approximate surface area is 148 Å². The van der Waals surface area contributed by atoms with E-state index in [1.807, 2.05) is 60.7 Å². The Morgan fingerprint density at radius 3 is 1.76 bits per heavy atom. The Morgan fingerprint density at radius 1 is 0.560 bits per heavy atom. The molecule has 0 unspecified atom stereocenters. The van der Waals surface area contributed by atoms with E-state index >= 15 is 0 Å². The van der Waals surface area contributed by atoms with Gasteiger partial charge in [0.15, 0.2) is 11.5 Å². The molecule has 0 bridgehead atoms. The van der Waals surface area contributed by atoms with Crippen molar-refractivity contribution in [1.82, 2.24) is 0 Å². The third-order valence-electron chi connectivity index (χ3n) is 3.97. The van der Waals surface area contributed by atoms with Gasteiger partial charge in [0, 0.05) is 17.4 Å². The first-order chi connectivity index (χ1) is 12.3. The van der Waals surface area contributed by atoms with Crippen molar-refractivity contribution in [3.05, 3.63) is 72.8 Å². The summed E-state index contributed by atoms with van der Waals surface area (Å²) in [5, 5.41) is 0. The molecular formula is C21H21NO3. The Hall–Kier alpha value is -3.14. The van der Waals surface area contributed by atoms with Crippen LogP contribution >= 0.6 is 0 Å². The van der Waals surface area contributed by atoms with E-state index in [-0.39, 0.29) is 0 Å². The number of rotatable bonds is 6. The molecule has 0 heterocycles. The third-order valence-corrected chi connectivity index (χ3v) is 3.97. The minimum absolute atomic E-state index is 0.689. The average Bonchev–Trinajstić information content (AvgIpc) is 2.69. The number of hydrogen-bond acceptors (Lipinski definition) is 4. The van der Waals surface area contributed by atoms with Crippen molar-refractivity contribution in [3.8, 4) is 17.2 Å². The van der Waals surface area contributed by atoms with Gasteiger partial charge in [-0.15, -0.1) is 0 Å². The van der Waals surface area contributed by atoms with E-state index in [2.05, 4.69) is 17.0 Å². The van der Waals surface area contributed by atoms with Gasteiger partial charge in [-0.2, -0.15) is 0 Å². The van der Waals surface area contributed by atoms with Crippen LogP contribution in [0.5, 0.6) is 17.2 Å². The van der Waals surface area contributed by atoms with Crippen LogP contribution in [0.25, 0.3) is 0 Å². The van der Waals surface area contributed by atoms with Gasteiger partial charge in [-0.05, 0) is 48.5 Å². The first kappa shape index (κ1) is 16.7. The average molecular weight is 335 g/mol. The molecule has 0 atom stereocenters. The molecule has 0 saturated heterocycles. The van der Waals surface area contributed by atoms with Gasteiger partial charge in [0.2, 0.25) is 0 Å². The third kappa shape index (κ3) is 3.53. The van der Waals surface area contributed by atoms with Gasteiger partial charge in [-0.1, -0.05) is 18.2 Å². The topological polar surface area (TPSA) is 30.9 Å². The smallest absolute Gasteiger partial charge is 0.162 e. The summed E-state index contributed by atoms with van der Waals surface area (Å²) in [7, 11) is 4.94. The molecule has 3 aromatic rings. The number of para-hydroxylation sites is 1. The van der Waals surface area contributed by atoms with Crippen LogP contribution in [0.2, 0.25) is 0 Å². The zero-order valence-corrected chi connectivity index (χ0v) is 14.6. The molecule has 0 spiro atoms. The molecule has 0 radical (unpaired) electrons. The summed E-state index contributed by atoms with van der Waals surface area (Å²) in [4.78, 5) is 2.15. The minimum atomic E-state index is 0.689. The van der Waals surface area contributed by atoms with E-state index in [0.717, 1.165) is 22.8 Å². The Bertz CT molecular complexity index is 816. The molecule has 3 rings (SSSR count). The summed E-state index contributed by atoms with van der Waals surface area (Å²) in [6.07, 6.45) is 0. The molecule has 0 aliphatic carbocycles. The highest BCUT2D eigenvalue weighted by atomic mass is 16.5. The number of hydrogen-bond donors (Lipinski definition) is 0. The normalized spacial score (nSPS) is 10.2. The van der Waals surface area contributed by atoms with E-state index in [1.54, 1.807) is 21.3 Å². The molecule has 0 N–H and O–H groups in total. The number of anilines is 3. The standard InChI is InChI=1S/C21H21NO3/c1-23-19-12-9-17(10-13-19)22(16-7-5-4-6-8-16)18-11-14-20(24-2)21(15-18)25-3/h4-15H,1-3H3. The number of benzene rings is 3. The quantitative estimate of drug-likeness (QED) is 0.621. The van der Waals surface area contributed by atoms with Crippen LogP contribution in [-0.4, -0.2) is 21.3 Å². The van der Waals surface area contributed by atoms with Gasteiger partial charge in [-0.25, -0.2) is 0 Å². The zero-order valence-electron chi connectivity index (χ0n) is 14.6. The second kappa shape index (κ2) is 7.62. The van der Waals surface area contributed by atoms with E-state index < -0.39 is 0 Å². The molecule has 0 aromatic heterocycles. The molecule has 0 aliphatic heterocycles. The fourth-order valence-electron chi connectivity index (χ4n) is 2.72. The van der Waals surface area contributed by atoms with Gasteiger partial charge >= 0.3 is 0 Å².